The number of aromatic nitrogens is 3. The number of hydrogen-bond donors (Lipinski definition) is 2. The maximum atomic E-state index is 11.9. The van der Waals surface area contributed by atoms with Crippen molar-refractivity contribution in [1.29, 1.82) is 0 Å². The number of nitrogens with zero attached hydrogens (tertiary/aromatic N) is 2. The average Bonchev–Trinajstić information content (AvgIpc) is 2.87. The molecule has 0 saturated heterocycles. The number of pyridine rings is 1. The number of aryl methyl sites for hydroxylation is 2. The summed E-state index contributed by atoms with van der Waals surface area (Å²) in [4.78, 5) is 23.1. The molecular formula is C13H15ClN4O. The van der Waals surface area contributed by atoms with Crippen LogP contribution < -0.4 is 5.32 Å². The van der Waals surface area contributed by atoms with Crippen LogP contribution in [0.1, 0.15) is 28.3 Å². The van der Waals surface area contributed by atoms with E-state index in [4.69, 9.17) is 11.6 Å². The molecular weight excluding hydrogens is 264 g/mol. The van der Waals surface area contributed by atoms with Crippen LogP contribution in [0.4, 0.5) is 0 Å². The van der Waals surface area contributed by atoms with E-state index in [1.165, 1.54) is 6.20 Å². The van der Waals surface area contributed by atoms with Gasteiger partial charge in [0.15, 0.2) is 0 Å². The number of amides is 1. The molecule has 6 heteroatoms. The van der Waals surface area contributed by atoms with Crippen molar-refractivity contribution in [3.63, 3.8) is 0 Å². The van der Waals surface area contributed by atoms with Crippen molar-refractivity contribution in [3.8, 4) is 0 Å². The molecule has 2 rings (SSSR count). The molecule has 2 heterocycles. The third kappa shape index (κ3) is 3.79. The average molecular weight is 279 g/mol. The van der Waals surface area contributed by atoms with Gasteiger partial charge < -0.3 is 10.3 Å². The van der Waals surface area contributed by atoms with Gasteiger partial charge in [-0.25, -0.2) is 4.98 Å². The fraction of sp³-hybridized carbons (Fsp3) is 0.308. The monoisotopic (exact) mass is 278 g/mol. The molecule has 0 aliphatic heterocycles. The van der Waals surface area contributed by atoms with Crippen LogP contribution in [0, 0.1) is 6.92 Å². The Bertz CT molecular complexity index is 554. The summed E-state index contributed by atoms with van der Waals surface area (Å²) in [6, 6.07) is 1.68. The lowest BCUT2D eigenvalue weighted by molar-refractivity contribution is 0.0953. The molecule has 0 bridgehead atoms. The quantitative estimate of drug-likeness (QED) is 0.823. The van der Waals surface area contributed by atoms with Gasteiger partial charge in [0.2, 0.25) is 0 Å². The zero-order chi connectivity index (χ0) is 13.7. The summed E-state index contributed by atoms with van der Waals surface area (Å²) >= 11 is 6.00. The first kappa shape index (κ1) is 13.5. The van der Waals surface area contributed by atoms with E-state index in [1.54, 1.807) is 18.5 Å². The Balaban J connectivity index is 1.81. The maximum Gasteiger partial charge on any atom is 0.254 e. The van der Waals surface area contributed by atoms with Gasteiger partial charge in [-0.1, -0.05) is 11.6 Å². The number of aromatic amines is 1. The zero-order valence-electron chi connectivity index (χ0n) is 10.6. The fourth-order valence-corrected chi connectivity index (χ4v) is 1.97. The lowest BCUT2D eigenvalue weighted by atomic mass is 10.2. The Morgan fingerprint density at radius 2 is 2.32 bits per heavy atom. The van der Waals surface area contributed by atoms with Gasteiger partial charge in [0, 0.05) is 37.3 Å². The lowest BCUT2D eigenvalue weighted by Crippen LogP contribution is -2.25. The molecule has 0 aliphatic carbocycles. The summed E-state index contributed by atoms with van der Waals surface area (Å²) in [6.45, 7) is 2.40. The van der Waals surface area contributed by atoms with Gasteiger partial charge in [-0.3, -0.25) is 9.78 Å². The molecule has 0 radical (unpaired) electrons. The van der Waals surface area contributed by atoms with Gasteiger partial charge in [0.05, 0.1) is 10.6 Å². The molecule has 2 aromatic rings. The number of halogens is 1. The smallest absolute Gasteiger partial charge is 0.254 e. The SMILES string of the molecule is Cc1cc(Cl)c(C(=O)NCCCc2ncc[nH]2)cn1. The number of nitrogens with one attached hydrogen (secondary N) is 2. The Labute approximate surface area is 116 Å². The molecule has 2 N–H and O–H groups in total. The van der Waals surface area contributed by atoms with Crippen LogP contribution in [0.3, 0.4) is 0 Å². The van der Waals surface area contributed by atoms with Crippen molar-refractivity contribution in [2.75, 3.05) is 6.54 Å². The Hall–Kier alpha value is -1.88. The predicted molar refractivity (Wildman–Crippen MR) is 73.2 cm³/mol. The minimum Gasteiger partial charge on any atom is -0.352 e. The minimum absolute atomic E-state index is 0.197. The van der Waals surface area contributed by atoms with Crippen molar-refractivity contribution in [1.82, 2.24) is 20.3 Å². The van der Waals surface area contributed by atoms with Crippen molar-refractivity contribution < 1.29 is 4.79 Å². The normalized spacial score (nSPS) is 10.4. The van der Waals surface area contributed by atoms with Crippen molar-refractivity contribution >= 4 is 17.5 Å². The zero-order valence-corrected chi connectivity index (χ0v) is 11.4. The van der Waals surface area contributed by atoms with E-state index in [1.807, 2.05) is 6.92 Å². The van der Waals surface area contributed by atoms with Gasteiger partial charge >= 0.3 is 0 Å². The number of rotatable bonds is 5. The molecule has 2 aromatic heterocycles. The van der Waals surface area contributed by atoms with Crippen molar-refractivity contribution in [3.05, 3.63) is 46.8 Å². The van der Waals surface area contributed by atoms with E-state index >= 15 is 0 Å². The van der Waals surface area contributed by atoms with Gasteiger partial charge in [-0.2, -0.15) is 0 Å². The summed E-state index contributed by atoms with van der Waals surface area (Å²) in [5, 5.41) is 3.24. The first-order valence-corrected chi connectivity index (χ1v) is 6.43. The number of H-pyrrole nitrogens is 1. The second-order valence-corrected chi connectivity index (χ2v) is 4.61. The van der Waals surface area contributed by atoms with E-state index in [0.717, 1.165) is 24.4 Å². The highest BCUT2D eigenvalue weighted by molar-refractivity contribution is 6.33. The summed E-state index contributed by atoms with van der Waals surface area (Å²) in [5.41, 5.74) is 1.20. The molecule has 0 spiro atoms. The maximum absolute atomic E-state index is 11.9. The van der Waals surface area contributed by atoms with E-state index in [-0.39, 0.29) is 5.91 Å². The second-order valence-electron chi connectivity index (χ2n) is 4.20. The molecule has 19 heavy (non-hydrogen) atoms. The largest absolute Gasteiger partial charge is 0.352 e. The summed E-state index contributed by atoms with van der Waals surface area (Å²) < 4.78 is 0. The van der Waals surface area contributed by atoms with E-state index in [2.05, 4.69) is 20.3 Å². The summed E-state index contributed by atoms with van der Waals surface area (Å²) in [6.07, 6.45) is 6.61. The van der Waals surface area contributed by atoms with Gasteiger partial charge in [0.1, 0.15) is 5.82 Å². The molecule has 0 aromatic carbocycles. The molecule has 0 saturated carbocycles. The van der Waals surface area contributed by atoms with Crippen LogP contribution >= 0.6 is 11.6 Å². The molecule has 0 unspecified atom stereocenters. The summed E-state index contributed by atoms with van der Waals surface area (Å²) in [5.74, 6) is 0.723. The van der Waals surface area contributed by atoms with E-state index < -0.39 is 0 Å². The molecule has 0 atom stereocenters. The Morgan fingerprint density at radius 3 is 3.00 bits per heavy atom. The highest BCUT2D eigenvalue weighted by Crippen LogP contribution is 2.15. The van der Waals surface area contributed by atoms with E-state index in [9.17, 15) is 4.79 Å². The number of carbonyl (C=O) groups is 1. The lowest BCUT2D eigenvalue weighted by Gasteiger charge is -2.06. The van der Waals surface area contributed by atoms with Gasteiger partial charge in [-0.05, 0) is 19.4 Å². The van der Waals surface area contributed by atoms with Crippen LogP contribution in [0.5, 0.6) is 0 Å². The molecule has 0 fully saturated rings. The summed E-state index contributed by atoms with van der Waals surface area (Å²) in [7, 11) is 0. The first-order chi connectivity index (χ1) is 9.16. The third-order valence-corrected chi connectivity index (χ3v) is 2.98. The Kier molecular flexibility index (Phi) is 4.52. The van der Waals surface area contributed by atoms with Crippen LogP contribution in [0.2, 0.25) is 5.02 Å². The molecule has 1 amide bonds. The van der Waals surface area contributed by atoms with Gasteiger partial charge in [0.25, 0.3) is 5.91 Å². The standard InChI is InChI=1S/C13H15ClN4O/c1-9-7-11(14)10(8-18-9)13(19)17-4-2-3-12-15-5-6-16-12/h5-8H,2-4H2,1H3,(H,15,16)(H,17,19). The highest BCUT2D eigenvalue weighted by atomic mass is 35.5. The second kappa shape index (κ2) is 6.33. The third-order valence-electron chi connectivity index (χ3n) is 2.67. The number of imidazole rings is 1. The van der Waals surface area contributed by atoms with Crippen LogP contribution in [0.25, 0.3) is 0 Å². The number of carbonyl (C=O) groups excluding carboxylic acids is 1. The van der Waals surface area contributed by atoms with Crippen molar-refractivity contribution in [2.24, 2.45) is 0 Å². The van der Waals surface area contributed by atoms with Crippen molar-refractivity contribution in [2.45, 2.75) is 19.8 Å². The highest BCUT2D eigenvalue weighted by Gasteiger charge is 2.10. The van der Waals surface area contributed by atoms with Crippen LogP contribution in [-0.2, 0) is 6.42 Å². The number of hydrogen-bond acceptors (Lipinski definition) is 3. The fourth-order valence-electron chi connectivity index (χ4n) is 1.68. The minimum atomic E-state index is -0.197. The molecule has 0 aliphatic rings. The van der Waals surface area contributed by atoms with Crippen LogP contribution in [-0.4, -0.2) is 27.4 Å². The first-order valence-electron chi connectivity index (χ1n) is 6.05. The predicted octanol–water partition coefficient (Wildman–Crippen LogP) is 2.13. The van der Waals surface area contributed by atoms with E-state index in [0.29, 0.717) is 17.1 Å². The Morgan fingerprint density at radius 1 is 1.47 bits per heavy atom. The topological polar surface area (TPSA) is 70.7 Å². The molecule has 100 valence electrons. The van der Waals surface area contributed by atoms with Gasteiger partial charge in [-0.15, -0.1) is 0 Å². The molecule has 5 nitrogen and oxygen atoms in total. The van der Waals surface area contributed by atoms with Crippen LogP contribution in [0.15, 0.2) is 24.7 Å².